The largest absolute Gasteiger partial charge is 0.444 e. The number of imidazole rings is 1. The van der Waals surface area contributed by atoms with E-state index in [0.29, 0.717) is 5.02 Å². The van der Waals surface area contributed by atoms with E-state index < -0.39 is 5.60 Å². The fraction of sp³-hybridized carbons (Fsp3) is 0.500. The van der Waals surface area contributed by atoms with Crippen molar-refractivity contribution in [3.05, 3.63) is 53.4 Å². The van der Waals surface area contributed by atoms with Gasteiger partial charge >= 0.3 is 6.09 Å². The first-order valence-electron chi connectivity index (χ1n) is 11.9. The maximum Gasteiger partial charge on any atom is 0.410 e. The maximum absolute atomic E-state index is 12.4. The molecule has 5 rings (SSSR count). The second-order valence-corrected chi connectivity index (χ2v) is 11.0. The number of fused-ring (bicyclic) bond motifs is 1. The topological polar surface area (TPSA) is 69.0 Å². The molecule has 180 valence electrons. The molecule has 1 unspecified atom stereocenters. The molecule has 2 aliphatic heterocycles. The van der Waals surface area contributed by atoms with Gasteiger partial charge in [0.1, 0.15) is 11.2 Å². The first-order chi connectivity index (χ1) is 16.2. The number of aromatic nitrogens is 3. The number of amides is 1. The quantitative estimate of drug-likeness (QED) is 0.500. The lowest BCUT2D eigenvalue weighted by atomic mass is 9.76. The van der Waals surface area contributed by atoms with Gasteiger partial charge in [0, 0.05) is 31.4 Å². The average Bonchev–Trinajstić information content (AvgIpc) is 3.37. The van der Waals surface area contributed by atoms with E-state index >= 15 is 0 Å². The van der Waals surface area contributed by atoms with Crippen molar-refractivity contribution in [2.75, 3.05) is 19.7 Å². The van der Waals surface area contributed by atoms with E-state index in [1.54, 1.807) is 0 Å². The normalized spacial score (nSPS) is 20.2. The second kappa shape index (κ2) is 8.86. The highest BCUT2D eigenvalue weighted by Crippen LogP contribution is 2.43. The Balaban J connectivity index is 1.22. The minimum atomic E-state index is -0.467. The van der Waals surface area contributed by atoms with E-state index in [1.807, 2.05) is 66.7 Å². The van der Waals surface area contributed by atoms with Gasteiger partial charge in [-0.25, -0.2) is 9.78 Å². The van der Waals surface area contributed by atoms with Crippen LogP contribution in [0.4, 0.5) is 4.79 Å². The van der Waals surface area contributed by atoms with Crippen molar-refractivity contribution in [1.82, 2.24) is 19.3 Å². The van der Waals surface area contributed by atoms with E-state index in [4.69, 9.17) is 26.1 Å². The Labute approximate surface area is 205 Å². The standard InChI is InChI=1S/C26H31ClN4O3/c1-25(2,3)34-24(32)30-11-9-26(10-12-30)14-20(33-17-26)13-19-5-4-6-21(29-19)22-15-28-23-8-7-18(27)16-31(22)23/h4-8,15-16,20H,9-14,17H2,1-3H3. The van der Waals surface area contributed by atoms with E-state index in [2.05, 4.69) is 11.1 Å². The van der Waals surface area contributed by atoms with E-state index in [-0.39, 0.29) is 17.6 Å². The van der Waals surface area contributed by atoms with Gasteiger partial charge in [-0.1, -0.05) is 17.7 Å². The zero-order valence-corrected chi connectivity index (χ0v) is 20.7. The zero-order valence-electron chi connectivity index (χ0n) is 20.0. The van der Waals surface area contributed by atoms with Crippen LogP contribution in [-0.2, 0) is 15.9 Å². The molecule has 2 fully saturated rings. The van der Waals surface area contributed by atoms with E-state index in [1.165, 1.54) is 0 Å². The van der Waals surface area contributed by atoms with Gasteiger partial charge in [-0.15, -0.1) is 0 Å². The van der Waals surface area contributed by atoms with Gasteiger partial charge in [-0.3, -0.25) is 9.38 Å². The van der Waals surface area contributed by atoms with Crippen LogP contribution in [0.5, 0.6) is 0 Å². The highest BCUT2D eigenvalue weighted by molar-refractivity contribution is 6.30. The summed E-state index contributed by atoms with van der Waals surface area (Å²) in [6.45, 7) is 7.88. The highest BCUT2D eigenvalue weighted by atomic mass is 35.5. The van der Waals surface area contributed by atoms with Crippen molar-refractivity contribution in [2.24, 2.45) is 5.41 Å². The molecule has 8 heteroatoms. The number of halogens is 1. The molecule has 2 aliphatic rings. The van der Waals surface area contributed by atoms with Crippen LogP contribution in [0.3, 0.4) is 0 Å². The Bertz CT molecular complexity index is 1190. The van der Waals surface area contributed by atoms with Crippen LogP contribution in [0.25, 0.3) is 17.0 Å². The monoisotopic (exact) mass is 482 g/mol. The third-order valence-electron chi connectivity index (χ3n) is 6.74. The third-order valence-corrected chi connectivity index (χ3v) is 6.96. The van der Waals surface area contributed by atoms with Crippen LogP contribution in [-0.4, -0.2) is 56.8 Å². The number of piperidine rings is 1. The SMILES string of the molecule is CC(C)(C)OC(=O)N1CCC2(CC1)COC(Cc1cccc(-c3cnc4ccc(Cl)cn34)n1)C2. The van der Waals surface area contributed by atoms with Crippen LogP contribution in [0.15, 0.2) is 42.7 Å². The molecular formula is C26H31ClN4O3. The maximum atomic E-state index is 12.4. The lowest BCUT2D eigenvalue weighted by molar-refractivity contribution is 0.00785. The van der Waals surface area contributed by atoms with Gasteiger partial charge in [0.15, 0.2) is 0 Å². The van der Waals surface area contributed by atoms with Crippen molar-refractivity contribution in [3.63, 3.8) is 0 Å². The van der Waals surface area contributed by atoms with E-state index in [9.17, 15) is 4.79 Å². The molecule has 0 saturated carbocycles. The molecule has 1 amide bonds. The van der Waals surface area contributed by atoms with Gasteiger partial charge in [0.25, 0.3) is 0 Å². The number of hydrogen-bond donors (Lipinski definition) is 0. The lowest BCUT2D eigenvalue weighted by Crippen LogP contribution is -2.45. The molecule has 1 spiro atoms. The molecule has 0 aromatic carbocycles. The summed E-state index contributed by atoms with van der Waals surface area (Å²) in [5.41, 5.74) is 3.29. The molecule has 3 aromatic rings. The summed E-state index contributed by atoms with van der Waals surface area (Å²) in [5.74, 6) is 0. The number of carbonyl (C=O) groups excluding carboxylic acids is 1. The van der Waals surface area contributed by atoms with Crippen LogP contribution in [0.2, 0.25) is 5.02 Å². The summed E-state index contributed by atoms with van der Waals surface area (Å²) in [7, 11) is 0. The third kappa shape index (κ3) is 4.91. The summed E-state index contributed by atoms with van der Waals surface area (Å²) >= 11 is 6.19. The Hall–Kier alpha value is -2.64. The predicted molar refractivity (Wildman–Crippen MR) is 131 cm³/mol. The van der Waals surface area contributed by atoms with Crippen LogP contribution < -0.4 is 0 Å². The number of rotatable bonds is 3. The van der Waals surface area contributed by atoms with Crippen molar-refractivity contribution in [1.29, 1.82) is 0 Å². The van der Waals surface area contributed by atoms with Gasteiger partial charge < -0.3 is 14.4 Å². The molecule has 0 radical (unpaired) electrons. The van der Waals surface area contributed by atoms with Crippen molar-refractivity contribution in [3.8, 4) is 11.4 Å². The van der Waals surface area contributed by atoms with Crippen molar-refractivity contribution in [2.45, 2.75) is 58.2 Å². The first kappa shape index (κ1) is 23.1. The van der Waals surface area contributed by atoms with Gasteiger partial charge in [-0.05, 0) is 69.7 Å². The minimum Gasteiger partial charge on any atom is -0.444 e. The van der Waals surface area contributed by atoms with Gasteiger partial charge in [0.2, 0.25) is 0 Å². The van der Waals surface area contributed by atoms with E-state index in [0.717, 1.165) is 68.1 Å². The Morgan fingerprint density at radius 2 is 2.03 bits per heavy atom. The summed E-state index contributed by atoms with van der Waals surface area (Å²) < 4.78 is 13.7. The lowest BCUT2D eigenvalue weighted by Gasteiger charge is -2.38. The van der Waals surface area contributed by atoms with Crippen molar-refractivity contribution >= 4 is 23.3 Å². The fourth-order valence-electron chi connectivity index (χ4n) is 4.98. The fourth-order valence-corrected chi connectivity index (χ4v) is 5.14. The molecule has 0 aliphatic carbocycles. The number of nitrogens with zero attached hydrogens (tertiary/aromatic N) is 4. The number of likely N-dealkylation sites (tertiary alicyclic amines) is 1. The number of pyridine rings is 2. The Morgan fingerprint density at radius 3 is 2.79 bits per heavy atom. The molecule has 0 N–H and O–H groups in total. The number of carbonyl (C=O) groups is 1. The number of hydrogen-bond acceptors (Lipinski definition) is 5. The van der Waals surface area contributed by atoms with Crippen LogP contribution in [0, 0.1) is 5.41 Å². The first-order valence-corrected chi connectivity index (χ1v) is 12.3. The summed E-state index contributed by atoms with van der Waals surface area (Å²) in [5, 5.41) is 0.658. The van der Waals surface area contributed by atoms with Crippen LogP contribution >= 0.6 is 11.6 Å². The molecule has 1 atom stereocenters. The summed E-state index contributed by atoms with van der Waals surface area (Å²) in [6, 6.07) is 9.82. The second-order valence-electron chi connectivity index (χ2n) is 10.5. The number of ether oxygens (including phenoxy) is 2. The summed E-state index contributed by atoms with van der Waals surface area (Å²) in [4.78, 5) is 23.6. The highest BCUT2D eigenvalue weighted by Gasteiger charge is 2.43. The van der Waals surface area contributed by atoms with Crippen LogP contribution in [0.1, 0.15) is 45.7 Å². The molecule has 5 heterocycles. The molecule has 2 saturated heterocycles. The van der Waals surface area contributed by atoms with Crippen molar-refractivity contribution < 1.29 is 14.3 Å². The Morgan fingerprint density at radius 1 is 1.24 bits per heavy atom. The average molecular weight is 483 g/mol. The predicted octanol–water partition coefficient (Wildman–Crippen LogP) is 5.40. The minimum absolute atomic E-state index is 0.132. The summed E-state index contributed by atoms with van der Waals surface area (Å²) in [6.07, 6.45) is 7.25. The van der Waals surface area contributed by atoms with Gasteiger partial charge in [-0.2, -0.15) is 0 Å². The molecule has 3 aromatic heterocycles. The molecular weight excluding hydrogens is 452 g/mol. The molecule has 7 nitrogen and oxygen atoms in total. The Kier molecular flexibility index (Phi) is 6.02. The smallest absolute Gasteiger partial charge is 0.410 e. The molecule has 0 bridgehead atoms. The zero-order chi connectivity index (χ0) is 23.9. The van der Waals surface area contributed by atoms with Gasteiger partial charge in [0.05, 0.1) is 35.3 Å². The molecule has 34 heavy (non-hydrogen) atoms.